The molecule has 1 amide bonds. The van der Waals surface area contributed by atoms with Crippen LogP contribution in [-0.4, -0.2) is 43.5 Å². The highest BCUT2D eigenvalue weighted by atomic mass is 16.1. The van der Waals surface area contributed by atoms with Crippen molar-refractivity contribution in [1.82, 2.24) is 20.9 Å². The van der Waals surface area contributed by atoms with Gasteiger partial charge in [-0.05, 0) is 24.5 Å². The Morgan fingerprint density at radius 3 is 2.67 bits per heavy atom. The van der Waals surface area contributed by atoms with Crippen LogP contribution in [-0.2, 0) is 0 Å². The van der Waals surface area contributed by atoms with E-state index < -0.39 is 0 Å². The van der Waals surface area contributed by atoms with Gasteiger partial charge in [-0.3, -0.25) is 14.8 Å². The SMILES string of the molecule is CCCCC(CC)CNC(=NC)NCCNC(=O)c1cccnc1. The van der Waals surface area contributed by atoms with Crippen LogP contribution >= 0.6 is 0 Å². The second-order valence-corrected chi connectivity index (χ2v) is 5.79. The molecule has 1 atom stereocenters. The summed E-state index contributed by atoms with van der Waals surface area (Å²) in [6, 6.07) is 3.50. The van der Waals surface area contributed by atoms with E-state index in [0.717, 1.165) is 12.5 Å². The number of aromatic nitrogens is 1. The predicted octanol–water partition coefficient (Wildman–Crippen LogP) is 2.19. The van der Waals surface area contributed by atoms with Crippen molar-refractivity contribution >= 4 is 11.9 Å². The molecule has 3 N–H and O–H groups in total. The lowest BCUT2D eigenvalue weighted by atomic mass is 9.99. The zero-order chi connectivity index (χ0) is 17.6. The topological polar surface area (TPSA) is 78.4 Å². The van der Waals surface area contributed by atoms with Gasteiger partial charge in [0.1, 0.15) is 0 Å². The molecule has 1 rings (SSSR count). The van der Waals surface area contributed by atoms with E-state index in [2.05, 4.69) is 39.8 Å². The number of nitrogens with one attached hydrogen (secondary N) is 3. The Labute approximate surface area is 145 Å². The molecule has 6 nitrogen and oxygen atoms in total. The van der Waals surface area contributed by atoms with Crippen LogP contribution in [0, 0.1) is 5.92 Å². The Morgan fingerprint density at radius 2 is 2.04 bits per heavy atom. The Hall–Kier alpha value is -2.11. The minimum atomic E-state index is -0.113. The van der Waals surface area contributed by atoms with Crippen molar-refractivity contribution in [3.63, 3.8) is 0 Å². The number of nitrogens with zero attached hydrogens (tertiary/aromatic N) is 2. The average Bonchev–Trinajstić information content (AvgIpc) is 2.63. The first-order chi connectivity index (χ1) is 11.7. The number of unbranched alkanes of at least 4 members (excludes halogenated alkanes) is 1. The van der Waals surface area contributed by atoms with E-state index >= 15 is 0 Å². The normalized spacial score (nSPS) is 12.5. The van der Waals surface area contributed by atoms with Gasteiger partial charge in [0.15, 0.2) is 5.96 Å². The monoisotopic (exact) mass is 333 g/mol. The maximum absolute atomic E-state index is 11.9. The van der Waals surface area contributed by atoms with Crippen LogP contribution in [0.15, 0.2) is 29.5 Å². The largest absolute Gasteiger partial charge is 0.356 e. The van der Waals surface area contributed by atoms with Crippen LogP contribution in [0.3, 0.4) is 0 Å². The van der Waals surface area contributed by atoms with Crippen molar-refractivity contribution in [2.24, 2.45) is 10.9 Å². The molecule has 0 spiro atoms. The average molecular weight is 333 g/mol. The molecule has 0 fully saturated rings. The lowest BCUT2D eigenvalue weighted by Crippen LogP contribution is -2.43. The van der Waals surface area contributed by atoms with E-state index in [9.17, 15) is 4.79 Å². The number of carbonyl (C=O) groups excluding carboxylic acids is 1. The third kappa shape index (κ3) is 7.94. The van der Waals surface area contributed by atoms with Gasteiger partial charge in [0.25, 0.3) is 5.91 Å². The molecule has 0 saturated heterocycles. The van der Waals surface area contributed by atoms with Crippen LogP contribution in [0.5, 0.6) is 0 Å². The van der Waals surface area contributed by atoms with E-state index in [-0.39, 0.29) is 5.91 Å². The summed E-state index contributed by atoms with van der Waals surface area (Å²) in [6.07, 6.45) is 8.14. The van der Waals surface area contributed by atoms with Crippen LogP contribution in [0.25, 0.3) is 0 Å². The zero-order valence-electron chi connectivity index (χ0n) is 15.1. The molecule has 0 bridgehead atoms. The maximum Gasteiger partial charge on any atom is 0.252 e. The molecule has 134 valence electrons. The first-order valence-electron chi connectivity index (χ1n) is 8.83. The van der Waals surface area contributed by atoms with Gasteiger partial charge >= 0.3 is 0 Å². The fourth-order valence-corrected chi connectivity index (χ4v) is 2.36. The number of carbonyl (C=O) groups is 1. The number of rotatable bonds is 10. The van der Waals surface area contributed by atoms with Gasteiger partial charge in [-0.25, -0.2) is 0 Å². The smallest absolute Gasteiger partial charge is 0.252 e. The van der Waals surface area contributed by atoms with Gasteiger partial charge in [-0.1, -0.05) is 33.1 Å². The summed E-state index contributed by atoms with van der Waals surface area (Å²) in [5.74, 6) is 1.34. The second kappa shape index (κ2) is 12.3. The van der Waals surface area contributed by atoms with E-state index in [4.69, 9.17) is 0 Å². The second-order valence-electron chi connectivity index (χ2n) is 5.79. The van der Waals surface area contributed by atoms with Gasteiger partial charge in [0.05, 0.1) is 5.56 Å². The Balaban J connectivity index is 2.23. The van der Waals surface area contributed by atoms with Crippen LogP contribution in [0.1, 0.15) is 49.9 Å². The number of guanidine groups is 1. The van der Waals surface area contributed by atoms with E-state index in [1.807, 2.05) is 0 Å². The zero-order valence-corrected chi connectivity index (χ0v) is 15.1. The third-order valence-electron chi connectivity index (χ3n) is 3.95. The minimum Gasteiger partial charge on any atom is -0.356 e. The number of aliphatic imine (C=N–C) groups is 1. The van der Waals surface area contributed by atoms with Crippen LogP contribution in [0.2, 0.25) is 0 Å². The fraction of sp³-hybridized carbons (Fsp3) is 0.611. The Kier molecular flexibility index (Phi) is 10.2. The summed E-state index contributed by atoms with van der Waals surface area (Å²) in [7, 11) is 1.76. The molecule has 24 heavy (non-hydrogen) atoms. The molecule has 1 aromatic rings. The molecular formula is C18H31N5O. The Bertz CT molecular complexity index is 489. The summed E-state index contributed by atoms with van der Waals surface area (Å²) in [6.45, 7) is 6.53. The van der Waals surface area contributed by atoms with E-state index in [1.54, 1.807) is 31.6 Å². The predicted molar refractivity (Wildman–Crippen MR) is 99.2 cm³/mol. The van der Waals surface area contributed by atoms with Gasteiger partial charge in [-0.2, -0.15) is 0 Å². The van der Waals surface area contributed by atoms with Crippen LogP contribution < -0.4 is 16.0 Å². The number of hydrogen-bond acceptors (Lipinski definition) is 3. The highest BCUT2D eigenvalue weighted by molar-refractivity contribution is 5.93. The molecule has 0 aromatic carbocycles. The summed E-state index contributed by atoms with van der Waals surface area (Å²) in [5.41, 5.74) is 0.571. The molecule has 1 unspecified atom stereocenters. The molecule has 0 aliphatic heterocycles. The molecular weight excluding hydrogens is 302 g/mol. The molecule has 1 aromatic heterocycles. The van der Waals surface area contributed by atoms with Crippen LogP contribution in [0.4, 0.5) is 0 Å². The Morgan fingerprint density at radius 1 is 1.25 bits per heavy atom. The van der Waals surface area contributed by atoms with Gasteiger partial charge in [0.2, 0.25) is 0 Å². The number of amides is 1. The molecule has 1 heterocycles. The summed E-state index contributed by atoms with van der Waals surface area (Å²) >= 11 is 0. The third-order valence-corrected chi connectivity index (χ3v) is 3.95. The van der Waals surface area contributed by atoms with Crippen molar-refractivity contribution < 1.29 is 4.79 Å². The summed E-state index contributed by atoms with van der Waals surface area (Å²) in [5, 5.41) is 9.44. The molecule has 6 heteroatoms. The van der Waals surface area contributed by atoms with Crippen molar-refractivity contribution in [3.8, 4) is 0 Å². The summed E-state index contributed by atoms with van der Waals surface area (Å²) in [4.78, 5) is 20.0. The van der Waals surface area contributed by atoms with Crippen molar-refractivity contribution in [2.45, 2.75) is 39.5 Å². The lowest BCUT2D eigenvalue weighted by molar-refractivity contribution is 0.0954. The van der Waals surface area contributed by atoms with Gasteiger partial charge in [0, 0.05) is 39.1 Å². The molecule has 0 radical (unpaired) electrons. The first-order valence-corrected chi connectivity index (χ1v) is 8.83. The summed E-state index contributed by atoms with van der Waals surface area (Å²) < 4.78 is 0. The number of hydrogen-bond donors (Lipinski definition) is 3. The van der Waals surface area contributed by atoms with Crippen molar-refractivity contribution in [2.75, 3.05) is 26.7 Å². The molecule has 0 aliphatic rings. The highest BCUT2D eigenvalue weighted by Gasteiger charge is 2.07. The standard InChI is InChI=1S/C18H31N5O/c1-4-6-8-15(5-2)13-23-18(19-3)22-12-11-21-17(24)16-9-7-10-20-14-16/h7,9-10,14-15H,4-6,8,11-13H2,1-3H3,(H,21,24)(H2,19,22,23). The van der Waals surface area contributed by atoms with Gasteiger partial charge in [-0.15, -0.1) is 0 Å². The van der Waals surface area contributed by atoms with Gasteiger partial charge < -0.3 is 16.0 Å². The molecule has 0 aliphatic carbocycles. The fourth-order valence-electron chi connectivity index (χ4n) is 2.36. The van der Waals surface area contributed by atoms with Crippen molar-refractivity contribution in [1.29, 1.82) is 0 Å². The first kappa shape index (κ1) is 19.9. The highest BCUT2D eigenvalue weighted by Crippen LogP contribution is 2.10. The molecule has 0 saturated carbocycles. The van der Waals surface area contributed by atoms with E-state index in [0.29, 0.717) is 24.6 Å². The maximum atomic E-state index is 11.9. The minimum absolute atomic E-state index is 0.113. The lowest BCUT2D eigenvalue weighted by Gasteiger charge is -2.18. The quantitative estimate of drug-likeness (QED) is 0.348. The number of pyridine rings is 1. The van der Waals surface area contributed by atoms with Crippen molar-refractivity contribution in [3.05, 3.63) is 30.1 Å². The van der Waals surface area contributed by atoms with E-state index in [1.165, 1.54) is 25.7 Å².